The summed E-state index contributed by atoms with van der Waals surface area (Å²) in [6.07, 6.45) is 5.18. The number of rotatable bonds is 14. The average Bonchev–Trinajstić information content (AvgIpc) is 3.00. The minimum absolute atomic E-state index is 0.0776. The van der Waals surface area contributed by atoms with Gasteiger partial charge in [-0.1, -0.05) is 0 Å². The molecular formula is C24H40N8O8S2. The van der Waals surface area contributed by atoms with Gasteiger partial charge in [-0.2, -0.15) is 18.6 Å². The van der Waals surface area contributed by atoms with Crippen LogP contribution in [0.1, 0.15) is 38.5 Å². The van der Waals surface area contributed by atoms with Crippen LogP contribution in [0.4, 0.5) is 11.6 Å². The molecule has 4 rings (SSSR count). The van der Waals surface area contributed by atoms with Crippen LogP contribution in [0.5, 0.6) is 0 Å². The van der Waals surface area contributed by atoms with E-state index in [1.807, 2.05) is 9.80 Å². The van der Waals surface area contributed by atoms with Gasteiger partial charge in [-0.05, 0) is 38.5 Å². The molecule has 42 heavy (non-hydrogen) atoms. The fourth-order valence-corrected chi connectivity index (χ4v) is 7.78. The molecule has 18 heteroatoms. The van der Waals surface area contributed by atoms with Gasteiger partial charge in [0, 0.05) is 52.4 Å². The normalized spacial score (nSPS) is 17.1. The second-order valence-electron chi connectivity index (χ2n) is 10.2. The number of aromatic nitrogens is 4. The number of aliphatic hydroxyl groups is 4. The van der Waals surface area contributed by atoms with Gasteiger partial charge in [-0.15, -0.1) is 0 Å². The quantitative estimate of drug-likeness (QED) is 0.172. The first-order valence-corrected chi connectivity index (χ1v) is 17.1. The van der Waals surface area contributed by atoms with Gasteiger partial charge in [-0.25, -0.2) is 26.8 Å². The van der Waals surface area contributed by atoms with Gasteiger partial charge in [0.1, 0.15) is 11.0 Å². The van der Waals surface area contributed by atoms with Crippen LogP contribution in [0.15, 0.2) is 10.3 Å². The molecule has 2 aliphatic heterocycles. The van der Waals surface area contributed by atoms with Crippen molar-refractivity contribution in [1.29, 1.82) is 0 Å². The maximum Gasteiger partial charge on any atom is 0.279 e. The maximum absolute atomic E-state index is 13.7. The highest BCUT2D eigenvalue weighted by Crippen LogP contribution is 2.34. The van der Waals surface area contributed by atoms with Crippen LogP contribution < -0.4 is 9.80 Å². The first kappa shape index (κ1) is 32.6. The van der Waals surface area contributed by atoms with Crippen LogP contribution in [-0.4, -0.2) is 145 Å². The first-order chi connectivity index (χ1) is 20.2. The minimum atomic E-state index is -4.38. The fourth-order valence-electron chi connectivity index (χ4n) is 5.21. The lowest BCUT2D eigenvalue weighted by Gasteiger charge is -2.31. The Kier molecular flexibility index (Phi) is 11.2. The number of hydrogen-bond acceptors (Lipinski definition) is 14. The Hall–Kier alpha value is -2.32. The Labute approximate surface area is 245 Å². The molecule has 0 aromatic carbocycles. The summed E-state index contributed by atoms with van der Waals surface area (Å²) in [7, 11) is -8.77. The van der Waals surface area contributed by atoms with Crippen molar-refractivity contribution >= 4 is 42.7 Å². The molecule has 0 bridgehead atoms. The molecular weight excluding hydrogens is 592 g/mol. The Morgan fingerprint density at radius 3 is 1.12 bits per heavy atom. The predicted molar refractivity (Wildman–Crippen MR) is 153 cm³/mol. The summed E-state index contributed by atoms with van der Waals surface area (Å²) in [6.45, 7) is -0.874. The van der Waals surface area contributed by atoms with E-state index in [-0.39, 0.29) is 48.8 Å². The Morgan fingerprint density at radius 1 is 0.524 bits per heavy atom. The molecule has 2 aliphatic rings. The zero-order chi connectivity index (χ0) is 30.3. The molecule has 0 saturated carbocycles. The molecule has 2 aromatic rings. The molecule has 4 N–H and O–H groups in total. The summed E-state index contributed by atoms with van der Waals surface area (Å²) >= 11 is 0. The van der Waals surface area contributed by atoms with Crippen molar-refractivity contribution < 1.29 is 37.3 Å². The van der Waals surface area contributed by atoms with Crippen molar-refractivity contribution in [3.63, 3.8) is 0 Å². The summed E-state index contributed by atoms with van der Waals surface area (Å²) in [6, 6.07) is 0. The van der Waals surface area contributed by atoms with Crippen molar-refractivity contribution in [1.82, 2.24) is 28.5 Å². The second kappa shape index (κ2) is 14.4. The van der Waals surface area contributed by atoms with Crippen molar-refractivity contribution in [2.45, 2.75) is 48.8 Å². The van der Waals surface area contributed by atoms with Crippen LogP contribution in [0.3, 0.4) is 0 Å². The third-order valence-corrected chi connectivity index (χ3v) is 10.7. The highest BCUT2D eigenvalue weighted by molar-refractivity contribution is 7.89. The summed E-state index contributed by atoms with van der Waals surface area (Å²) in [5.74, 6) is 0.304. The van der Waals surface area contributed by atoms with Gasteiger partial charge in [0.15, 0.2) is 11.6 Å². The summed E-state index contributed by atoms with van der Waals surface area (Å²) < 4.78 is 56.6. The third kappa shape index (κ3) is 6.91. The van der Waals surface area contributed by atoms with Crippen molar-refractivity contribution in [3.05, 3.63) is 0 Å². The zero-order valence-corrected chi connectivity index (χ0v) is 25.2. The monoisotopic (exact) mass is 632 g/mol. The molecule has 16 nitrogen and oxygen atoms in total. The first-order valence-electron chi connectivity index (χ1n) is 14.2. The van der Waals surface area contributed by atoms with E-state index in [1.165, 1.54) is 0 Å². The number of piperidine rings is 2. The molecule has 236 valence electrons. The highest BCUT2D eigenvalue weighted by Gasteiger charge is 2.34. The van der Waals surface area contributed by atoms with Crippen LogP contribution in [-0.2, 0) is 20.0 Å². The van der Waals surface area contributed by atoms with Gasteiger partial charge in [0.2, 0.25) is 0 Å². The van der Waals surface area contributed by atoms with Gasteiger partial charge < -0.3 is 30.2 Å². The van der Waals surface area contributed by atoms with Crippen molar-refractivity contribution in [2.75, 3.05) is 88.6 Å². The molecule has 0 unspecified atom stereocenters. The maximum atomic E-state index is 13.7. The van der Waals surface area contributed by atoms with Crippen molar-refractivity contribution in [3.8, 4) is 0 Å². The third-order valence-electron chi connectivity index (χ3n) is 7.32. The van der Waals surface area contributed by atoms with Crippen molar-refractivity contribution in [2.24, 2.45) is 0 Å². The van der Waals surface area contributed by atoms with Crippen LogP contribution >= 0.6 is 0 Å². The molecule has 2 saturated heterocycles. The van der Waals surface area contributed by atoms with Gasteiger partial charge in [-0.3, -0.25) is 0 Å². The molecule has 0 aliphatic carbocycles. The van der Waals surface area contributed by atoms with E-state index in [4.69, 9.17) is 0 Å². The molecule has 0 amide bonds. The smallest absolute Gasteiger partial charge is 0.279 e. The topological polar surface area (TPSA) is 214 Å². The van der Waals surface area contributed by atoms with Crippen LogP contribution in [0, 0.1) is 0 Å². The van der Waals surface area contributed by atoms with Crippen LogP contribution in [0.2, 0.25) is 0 Å². The Bertz CT molecular complexity index is 1300. The van der Waals surface area contributed by atoms with Gasteiger partial charge >= 0.3 is 0 Å². The lowest BCUT2D eigenvalue weighted by Crippen LogP contribution is -2.39. The number of nitrogens with zero attached hydrogens (tertiary/aromatic N) is 8. The molecule has 4 heterocycles. The number of sulfonamides is 2. The fraction of sp³-hybridized carbons (Fsp3) is 0.750. The number of aliphatic hydroxyl groups excluding tert-OH is 4. The van der Waals surface area contributed by atoms with E-state index in [0.717, 1.165) is 47.1 Å². The second-order valence-corrected chi connectivity index (χ2v) is 13.8. The van der Waals surface area contributed by atoms with Gasteiger partial charge in [0.05, 0.1) is 26.4 Å². The van der Waals surface area contributed by atoms with E-state index in [0.29, 0.717) is 26.2 Å². The molecule has 2 fully saturated rings. The number of anilines is 2. The number of fused-ring (bicyclic) bond motifs is 1. The predicted octanol–water partition coefficient (Wildman–Crippen LogP) is -1.65. The standard InChI is InChI=1S/C24H40N8O8S2/c33-15-11-31(12-16-34)41(37,38)23-26-20-19(21(27-23)29-7-3-1-4-8-29)25-24(28-22(20)30-9-5-2-6-10-30)42(39,40)32(13-17-35)14-18-36/h33-36H,1-18H2. The largest absolute Gasteiger partial charge is 0.395 e. The Morgan fingerprint density at radius 2 is 0.833 bits per heavy atom. The highest BCUT2D eigenvalue weighted by atomic mass is 32.2. The number of hydrogen-bond donors (Lipinski definition) is 4. The molecule has 0 atom stereocenters. The van der Waals surface area contributed by atoms with E-state index >= 15 is 0 Å². The molecule has 0 spiro atoms. The van der Waals surface area contributed by atoms with Crippen LogP contribution in [0.25, 0.3) is 11.0 Å². The van der Waals surface area contributed by atoms with E-state index in [2.05, 4.69) is 19.9 Å². The zero-order valence-electron chi connectivity index (χ0n) is 23.5. The Balaban J connectivity index is 2.02. The van der Waals surface area contributed by atoms with Gasteiger partial charge in [0.25, 0.3) is 30.4 Å². The minimum Gasteiger partial charge on any atom is -0.395 e. The van der Waals surface area contributed by atoms with E-state index < -0.39 is 56.8 Å². The summed E-state index contributed by atoms with van der Waals surface area (Å²) in [5, 5.41) is 36.8. The average molecular weight is 633 g/mol. The summed E-state index contributed by atoms with van der Waals surface area (Å²) in [5.41, 5.74) is 0.155. The van der Waals surface area contributed by atoms with E-state index in [1.54, 1.807) is 0 Å². The lowest BCUT2D eigenvalue weighted by molar-refractivity contribution is 0.217. The lowest BCUT2D eigenvalue weighted by atomic mass is 10.1. The summed E-state index contributed by atoms with van der Waals surface area (Å²) in [4.78, 5) is 21.4. The molecule has 0 radical (unpaired) electrons. The molecule has 2 aromatic heterocycles. The van der Waals surface area contributed by atoms with E-state index in [9.17, 15) is 37.3 Å². The SMILES string of the molecule is O=S(=O)(c1nc(N2CCCCC2)c2nc(S(=O)(=O)N(CCO)CCO)nc(N3CCCCC3)c2n1)N(CCO)CCO.